The Bertz CT molecular complexity index is 1110. The molecule has 1 saturated carbocycles. The third-order valence-electron chi connectivity index (χ3n) is 6.45. The van der Waals surface area contributed by atoms with Gasteiger partial charge < -0.3 is 15.4 Å². The van der Waals surface area contributed by atoms with E-state index < -0.39 is 11.7 Å². The SMILES string of the molecule is CCCCCCOc1cccc(Nc2nc(Nc3ccc(C4CCCC4)cc3)ncc2C(F)(F)F)c1. The van der Waals surface area contributed by atoms with Crippen LogP contribution in [0.2, 0.25) is 0 Å². The number of benzene rings is 2. The zero-order valence-electron chi connectivity index (χ0n) is 20.6. The lowest BCUT2D eigenvalue weighted by atomic mass is 9.98. The minimum atomic E-state index is -4.60. The molecule has 0 atom stereocenters. The monoisotopic (exact) mass is 498 g/mol. The maximum absolute atomic E-state index is 13.7. The average Bonchev–Trinajstić information content (AvgIpc) is 3.39. The number of alkyl halides is 3. The van der Waals surface area contributed by atoms with Gasteiger partial charge in [0.15, 0.2) is 0 Å². The van der Waals surface area contributed by atoms with Crippen LogP contribution >= 0.6 is 0 Å². The number of ether oxygens (including phenoxy) is 1. The van der Waals surface area contributed by atoms with Gasteiger partial charge in [-0.25, -0.2) is 4.98 Å². The van der Waals surface area contributed by atoms with Crippen LogP contribution in [0.1, 0.15) is 75.3 Å². The van der Waals surface area contributed by atoms with Gasteiger partial charge in [-0.15, -0.1) is 0 Å². The molecule has 0 spiro atoms. The summed E-state index contributed by atoms with van der Waals surface area (Å²) in [5.41, 5.74) is 1.54. The number of nitrogens with one attached hydrogen (secondary N) is 2. The number of aromatic nitrogens is 2. The molecule has 0 amide bonds. The molecule has 1 aliphatic rings. The van der Waals surface area contributed by atoms with Crippen molar-refractivity contribution in [1.82, 2.24) is 9.97 Å². The van der Waals surface area contributed by atoms with Crippen molar-refractivity contribution in [2.24, 2.45) is 0 Å². The predicted molar refractivity (Wildman–Crippen MR) is 137 cm³/mol. The minimum absolute atomic E-state index is 0.0856. The second-order valence-corrected chi connectivity index (χ2v) is 9.24. The highest BCUT2D eigenvalue weighted by atomic mass is 19.4. The molecule has 0 saturated heterocycles. The Morgan fingerprint density at radius 1 is 0.944 bits per heavy atom. The molecule has 8 heteroatoms. The molecular weight excluding hydrogens is 465 g/mol. The fourth-order valence-corrected chi connectivity index (χ4v) is 4.49. The summed E-state index contributed by atoms with van der Waals surface area (Å²) in [4.78, 5) is 8.08. The summed E-state index contributed by atoms with van der Waals surface area (Å²) in [5, 5.41) is 5.84. The van der Waals surface area contributed by atoms with Gasteiger partial charge >= 0.3 is 6.18 Å². The fourth-order valence-electron chi connectivity index (χ4n) is 4.49. The van der Waals surface area contributed by atoms with Crippen LogP contribution in [0.25, 0.3) is 0 Å². The van der Waals surface area contributed by atoms with Crippen molar-refractivity contribution in [1.29, 1.82) is 0 Å². The van der Waals surface area contributed by atoms with Crippen LogP contribution in [-0.2, 0) is 6.18 Å². The van der Waals surface area contributed by atoms with E-state index in [2.05, 4.69) is 39.7 Å². The second-order valence-electron chi connectivity index (χ2n) is 9.24. The number of halogens is 3. The van der Waals surface area contributed by atoms with E-state index in [-0.39, 0.29) is 11.8 Å². The quantitative estimate of drug-likeness (QED) is 0.259. The normalized spacial score (nSPS) is 14.1. The largest absolute Gasteiger partial charge is 0.494 e. The van der Waals surface area contributed by atoms with Gasteiger partial charge in [-0.2, -0.15) is 18.2 Å². The number of rotatable bonds is 11. The lowest BCUT2D eigenvalue weighted by molar-refractivity contribution is -0.137. The van der Waals surface area contributed by atoms with Crippen molar-refractivity contribution in [3.05, 3.63) is 65.9 Å². The summed E-state index contributed by atoms with van der Waals surface area (Å²) in [5.74, 6) is 0.957. The molecule has 0 unspecified atom stereocenters. The Morgan fingerprint density at radius 3 is 2.44 bits per heavy atom. The highest BCUT2D eigenvalue weighted by Crippen LogP contribution is 2.37. The van der Waals surface area contributed by atoms with Crippen molar-refractivity contribution >= 4 is 23.1 Å². The summed E-state index contributed by atoms with van der Waals surface area (Å²) >= 11 is 0. The zero-order chi connectivity index (χ0) is 25.4. The first kappa shape index (κ1) is 25.8. The summed E-state index contributed by atoms with van der Waals surface area (Å²) in [7, 11) is 0. The molecule has 4 rings (SSSR count). The maximum Gasteiger partial charge on any atom is 0.421 e. The first-order valence-electron chi connectivity index (χ1n) is 12.7. The maximum atomic E-state index is 13.7. The van der Waals surface area contributed by atoms with Gasteiger partial charge in [-0.1, -0.05) is 57.2 Å². The molecule has 0 bridgehead atoms. The van der Waals surface area contributed by atoms with Gasteiger partial charge in [-0.05, 0) is 55.0 Å². The van der Waals surface area contributed by atoms with Crippen LogP contribution in [0.15, 0.2) is 54.7 Å². The third kappa shape index (κ3) is 7.12. The molecule has 1 heterocycles. The zero-order valence-corrected chi connectivity index (χ0v) is 20.6. The summed E-state index contributed by atoms with van der Waals surface area (Å²) in [6.45, 7) is 2.71. The molecule has 2 aromatic carbocycles. The van der Waals surface area contributed by atoms with Gasteiger partial charge in [0.2, 0.25) is 5.95 Å². The Hall–Kier alpha value is -3.29. The van der Waals surface area contributed by atoms with E-state index >= 15 is 0 Å². The molecule has 1 aromatic heterocycles. The van der Waals surface area contributed by atoms with Gasteiger partial charge in [0, 0.05) is 23.6 Å². The van der Waals surface area contributed by atoms with Crippen LogP contribution in [-0.4, -0.2) is 16.6 Å². The van der Waals surface area contributed by atoms with Crippen LogP contribution in [0.3, 0.4) is 0 Å². The highest BCUT2D eigenvalue weighted by molar-refractivity contribution is 5.64. The minimum Gasteiger partial charge on any atom is -0.494 e. The van der Waals surface area contributed by atoms with Crippen LogP contribution in [0.4, 0.5) is 36.3 Å². The molecule has 0 aliphatic heterocycles. The van der Waals surface area contributed by atoms with Gasteiger partial charge in [0.05, 0.1) is 6.61 Å². The van der Waals surface area contributed by atoms with Crippen LogP contribution in [0, 0.1) is 0 Å². The number of hydrogen-bond donors (Lipinski definition) is 2. The van der Waals surface area contributed by atoms with Gasteiger partial charge in [-0.3, -0.25) is 0 Å². The Kier molecular flexibility index (Phi) is 8.67. The Balaban J connectivity index is 1.47. The lowest BCUT2D eigenvalue weighted by Crippen LogP contribution is -2.12. The van der Waals surface area contributed by atoms with E-state index in [4.69, 9.17) is 4.74 Å². The second kappa shape index (κ2) is 12.1. The fraction of sp³-hybridized carbons (Fsp3) is 0.429. The van der Waals surface area contributed by atoms with E-state index in [1.54, 1.807) is 24.3 Å². The van der Waals surface area contributed by atoms with E-state index in [0.717, 1.165) is 37.6 Å². The molecule has 1 fully saturated rings. The van der Waals surface area contributed by atoms with Crippen LogP contribution < -0.4 is 15.4 Å². The smallest absolute Gasteiger partial charge is 0.421 e. The molecule has 0 radical (unpaired) electrons. The Labute approximate surface area is 210 Å². The van der Waals surface area contributed by atoms with Gasteiger partial charge in [0.1, 0.15) is 17.1 Å². The highest BCUT2D eigenvalue weighted by Gasteiger charge is 2.35. The third-order valence-corrected chi connectivity index (χ3v) is 6.45. The molecule has 36 heavy (non-hydrogen) atoms. The topological polar surface area (TPSA) is 59.1 Å². The molecule has 192 valence electrons. The molecular formula is C28H33F3N4O. The molecule has 1 aliphatic carbocycles. The number of unbranched alkanes of at least 4 members (excludes halogenated alkanes) is 3. The number of nitrogens with zero attached hydrogens (tertiary/aromatic N) is 2. The summed E-state index contributed by atoms with van der Waals surface area (Å²) < 4.78 is 46.8. The van der Waals surface area contributed by atoms with E-state index in [0.29, 0.717) is 24.0 Å². The van der Waals surface area contributed by atoms with Crippen molar-refractivity contribution in [3.8, 4) is 5.75 Å². The van der Waals surface area contributed by atoms with E-state index in [9.17, 15) is 13.2 Å². The first-order chi connectivity index (χ1) is 17.4. The number of anilines is 4. The van der Waals surface area contributed by atoms with Crippen molar-refractivity contribution in [2.75, 3.05) is 17.2 Å². The first-order valence-corrected chi connectivity index (χ1v) is 12.7. The van der Waals surface area contributed by atoms with Crippen molar-refractivity contribution in [2.45, 2.75) is 70.4 Å². The standard InChI is InChI=1S/C28H33F3N4O/c1-2-3-4-7-17-36-24-12-8-11-23(18-24)33-26-25(28(29,30)31)19-32-27(35-26)34-22-15-13-21(14-16-22)20-9-5-6-10-20/h8,11-16,18-20H,2-7,9-10,17H2,1H3,(H2,32,33,34,35). The Morgan fingerprint density at radius 2 is 1.72 bits per heavy atom. The van der Waals surface area contributed by atoms with Gasteiger partial charge in [0.25, 0.3) is 0 Å². The van der Waals surface area contributed by atoms with Crippen molar-refractivity contribution < 1.29 is 17.9 Å². The molecule has 3 aromatic rings. The van der Waals surface area contributed by atoms with Crippen molar-refractivity contribution in [3.63, 3.8) is 0 Å². The van der Waals surface area contributed by atoms with Crippen LogP contribution in [0.5, 0.6) is 5.75 Å². The predicted octanol–water partition coefficient (Wildman–Crippen LogP) is 8.60. The molecule has 2 N–H and O–H groups in total. The summed E-state index contributed by atoms with van der Waals surface area (Å²) in [6.07, 6.45) is 5.44. The van der Waals surface area contributed by atoms with E-state index in [1.807, 2.05) is 12.1 Å². The summed E-state index contributed by atoms with van der Waals surface area (Å²) in [6, 6.07) is 14.9. The number of hydrogen-bond acceptors (Lipinski definition) is 5. The average molecular weight is 499 g/mol. The van der Waals surface area contributed by atoms with E-state index in [1.165, 1.54) is 31.2 Å². The lowest BCUT2D eigenvalue weighted by Gasteiger charge is -2.16. The molecule has 5 nitrogen and oxygen atoms in total.